The number of hydrogen-bond acceptors (Lipinski definition) is 5. The van der Waals surface area contributed by atoms with Crippen molar-refractivity contribution in [1.29, 1.82) is 0 Å². The van der Waals surface area contributed by atoms with Crippen LogP contribution in [-0.4, -0.2) is 37.0 Å². The second kappa shape index (κ2) is 8.87. The number of nitrogens with zero attached hydrogens (tertiary/aromatic N) is 2. The fraction of sp³-hybridized carbons (Fsp3) is 0.500. The summed E-state index contributed by atoms with van der Waals surface area (Å²) in [7, 11) is 1.72. The van der Waals surface area contributed by atoms with Crippen LogP contribution >= 0.6 is 11.3 Å². The van der Waals surface area contributed by atoms with Crippen molar-refractivity contribution in [2.24, 2.45) is 0 Å². The van der Waals surface area contributed by atoms with Gasteiger partial charge in [0.15, 0.2) is 0 Å². The fourth-order valence-electron chi connectivity index (χ4n) is 2.12. The van der Waals surface area contributed by atoms with E-state index in [0.717, 1.165) is 49.0 Å². The number of hydrogen-bond donors (Lipinski definition) is 1. The lowest BCUT2D eigenvalue weighted by molar-refractivity contribution is 0.199. The molecule has 114 valence electrons. The topological polar surface area (TPSA) is 47.0 Å². The van der Waals surface area contributed by atoms with Gasteiger partial charge in [0, 0.05) is 33.0 Å². The van der Waals surface area contributed by atoms with E-state index in [4.69, 9.17) is 4.74 Å². The van der Waals surface area contributed by atoms with Crippen molar-refractivity contribution < 1.29 is 4.74 Å². The number of nitrogens with one attached hydrogen (secondary N) is 1. The smallest absolute Gasteiger partial charge is 0.118 e. The highest BCUT2D eigenvalue weighted by Crippen LogP contribution is 2.15. The molecular formula is C16H23N3OS. The molecule has 1 aromatic heterocycles. The summed E-state index contributed by atoms with van der Waals surface area (Å²) in [5.74, 6) is 0. The molecule has 4 nitrogen and oxygen atoms in total. The van der Waals surface area contributed by atoms with Crippen LogP contribution in [0.15, 0.2) is 24.3 Å². The summed E-state index contributed by atoms with van der Waals surface area (Å²) in [4.78, 5) is 0. The van der Waals surface area contributed by atoms with Gasteiger partial charge >= 0.3 is 0 Å². The van der Waals surface area contributed by atoms with E-state index in [0.29, 0.717) is 0 Å². The average Bonchev–Trinajstić information content (AvgIpc) is 2.94. The molecule has 0 aliphatic heterocycles. The molecule has 0 atom stereocenters. The molecule has 5 heteroatoms. The lowest BCUT2D eigenvalue weighted by Crippen LogP contribution is -2.21. The lowest BCUT2D eigenvalue weighted by atomic mass is 10.0. The molecule has 0 radical (unpaired) electrons. The van der Waals surface area contributed by atoms with Crippen LogP contribution in [0, 0.1) is 6.92 Å². The monoisotopic (exact) mass is 305 g/mol. The van der Waals surface area contributed by atoms with Gasteiger partial charge in [0.05, 0.1) is 6.61 Å². The third-order valence-electron chi connectivity index (χ3n) is 3.38. The van der Waals surface area contributed by atoms with Crippen molar-refractivity contribution in [1.82, 2.24) is 15.5 Å². The van der Waals surface area contributed by atoms with Crippen molar-refractivity contribution in [3.05, 3.63) is 45.4 Å². The van der Waals surface area contributed by atoms with Gasteiger partial charge in [-0.05, 0) is 24.5 Å². The molecule has 0 unspecified atom stereocenters. The zero-order valence-electron chi connectivity index (χ0n) is 12.8. The van der Waals surface area contributed by atoms with E-state index in [2.05, 4.69) is 46.7 Å². The first-order chi connectivity index (χ1) is 10.3. The van der Waals surface area contributed by atoms with E-state index >= 15 is 0 Å². The molecule has 0 saturated heterocycles. The molecule has 0 amide bonds. The maximum absolute atomic E-state index is 4.99. The Kier molecular flexibility index (Phi) is 6.79. The van der Waals surface area contributed by atoms with E-state index in [-0.39, 0.29) is 0 Å². The van der Waals surface area contributed by atoms with E-state index < -0.39 is 0 Å². The molecule has 1 aromatic carbocycles. The molecule has 1 heterocycles. The number of aromatic nitrogens is 2. The molecule has 0 spiro atoms. The van der Waals surface area contributed by atoms with Gasteiger partial charge in [0.25, 0.3) is 0 Å². The first-order valence-corrected chi connectivity index (χ1v) is 8.16. The summed E-state index contributed by atoms with van der Waals surface area (Å²) in [6.45, 7) is 4.72. The number of aryl methyl sites for hydroxylation is 3. The minimum Gasteiger partial charge on any atom is -0.383 e. The summed E-state index contributed by atoms with van der Waals surface area (Å²) >= 11 is 1.73. The number of benzene rings is 1. The Morgan fingerprint density at radius 1 is 1.05 bits per heavy atom. The summed E-state index contributed by atoms with van der Waals surface area (Å²) in [6.07, 6.45) is 2.94. The van der Waals surface area contributed by atoms with E-state index in [1.807, 2.05) is 0 Å². The maximum Gasteiger partial charge on any atom is 0.118 e. The molecule has 0 saturated carbocycles. The number of rotatable bonds is 9. The molecule has 0 aliphatic carbocycles. The van der Waals surface area contributed by atoms with Crippen LogP contribution in [0.2, 0.25) is 0 Å². The average molecular weight is 305 g/mol. The Hall–Kier alpha value is -1.30. The minimum atomic E-state index is 0.748. The first kappa shape index (κ1) is 16.1. The van der Waals surface area contributed by atoms with Crippen molar-refractivity contribution in [3.8, 4) is 0 Å². The normalized spacial score (nSPS) is 11.0. The quantitative estimate of drug-likeness (QED) is 0.723. The second-order valence-corrected chi connectivity index (χ2v) is 6.16. The van der Waals surface area contributed by atoms with E-state index in [1.54, 1.807) is 18.4 Å². The van der Waals surface area contributed by atoms with Crippen molar-refractivity contribution in [3.63, 3.8) is 0 Å². The van der Waals surface area contributed by atoms with Gasteiger partial charge in [-0.1, -0.05) is 24.3 Å². The van der Waals surface area contributed by atoms with Gasteiger partial charge in [-0.3, -0.25) is 0 Å². The summed E-state index contributed by atoms with van der Waals surface area (Å²) in [6, 6.07) is 8.53. The Bertz CT molecular complexity index is 542. The van der Waals surface area contributed by atoms with Crippen molar-refractivity contribution in [2.75, 3.05) is 26.8 Å². The van der Waals surface area contributed by atoms with Crippen LogP contribution in [-0.2, 0) is 24.0 Å². The van der Waals surface area contributed by atoms with Gasteiger partial charge in [0.1, 0.15) is 10.0 Å². The fourth-order valence-corrected chi connectivity index (χ4v) is 2.96. The molecule has 0 aliphatic rings. The van der Waals surface area contributed by atoms with Gasteiger partial charge in [-0.2, -0.15) is 0 Å². The zero-order valence-corrected chi connectivity index (χ0v) is 13.6. The number of methoxy groups -OCH3 is 1. The number of ether oxygens (including phenoxy) is 1. The standard InChI is InChI=1S/C16H23N3OS/c1-13-5-3-4-6-14(13)7-8-15-18-19-16(21-15)9-10-17-11-12-20-2/h3-6,17H,7-12H2,1-2H3. The van der Waals surface area contributed by atoms with E-state index in [1.165, 1.54) is 11.1 Å². The SMILES string of the molecule is COCCNCCc1nnc(CCc2ccccc2C)s1. The molecule has 2 aromatic rings. The van der Waals surface area contributed by atoms with Crippen LogP contribution in [0.3, 0.4) is 0 Å². The van der Waals surface area contributed by atoms with Crippen molar-refractivity contribution >= 4 is 11.3 Å². The maximum atomic E-state index is 4.99. The van der Waals surface area contributed by atoms with Crippen LogP contribution in [0.25, 0.3) is 0 Å². The first-order valence-electron chi connectivity index (χ1n) is 7.35. The van der Waals surface area contributed by atoms with Gasteiger partial charge < -0.3 is 10.1 Å². The molecular weight excluding hydrogens is 282 g/mol. The Morgan fingerprint density at radius 3 is 2.57 bits per heavy atom. The largest absolute Gasteiger partial charge is 0.383 e. The third-order valence-corrected chi connectivity index (χ3v) is 4.42. The Morgan fingerprint density at radius 2 is 1.81 bits per heavy atom. The molecule has 2 rings (SSSR count). The van der Waals surface area contributed by atoms with E-state index in [9.17, 15) is 0 Å². The zero-order chi connectivity index (χ0) is 14.9. The highest BCUT2D eigenvalue weighted by molar-refractivity contribution is 7.11. The minimum absolute atomic E-state index is 0.748. The van der Waals surface area contributed by atoms with Crippen LogP contribution in [0.5, 0.6) is 0 Å². The second-order valence-electron chi connectivity index (χ2n) is 5.01. The van der Waals surface area contributed by atoms with Gasteiger partial charge in [0.2, 0.25) is 0 Å². The predicted octanol–water partition coefficient (Wildman–Crippen LogP) is 2.41. The highest BCUT2D eigenvalue weighted by atomic mass is 32.1. The molecule has 21 heavy (non-hydrogen) atoms. The summed E-state index contributed by atoms with van der Waals surface area (Å²) < 4.78 is 4.99. The highest BCUT2D eigenvalue weighted by Gasteiger charge is 2.05. The van der Waals surface area contributed by atoms with Gasteiger partial charge in [-0.25, -0.2) is 0 Å². The predicted molar refractivity (Wildman–Crippen MR) is 86.9 cm³/mol. The molecule has 0 bridgehead atoms. The summed E-state index contributed by atoms with van der Waals surface area (Å²) in [5.41, 5.74) is 2.75. The van der Waals surface area contributed by atoms with Crippen LogP contribution in [0.4, 0.5) is 0 Å². The Balaban J connectivity index is 1.74. The van der Waals surface area contributed by atoms with Gasteiger partial charge in [-0.15, -0.1) is 21.5 Å². The van der Waals surface area contributed by atoms with Crippen LogP contribution < -0.4 is 5.32 Å². The lowest BCUT2D eigenvalue weighted by Gasteiger charge is -2.02. The Labute approximate surface area is 130 Å². The third kappa shape index (κ3) is 5.53. The van der Waals surface area contributed by atoms with Crippen LogP contribution in [0.1, 0.15) is 21.1 Å². The molecule has 0 fully saturated rings. The molecule has 1 N–H and O–H groups in total. The van der Waals surface area contributed by atoms with Crippen molar-refractivity contribution in [2.45, 2.75) is 26.2 Å². The summed E-state index contributed by atoms with van der Waals surface area (Å²) in [5, 5.41) is 14.1.